The van der Waals surface area contributed by atoms with E-state index < -0.39 is 22.9 Å². The second kappa shape index (κ2) is 8.02. The van der Waals surface area contributed by atoms with Crippen molar-refractivity contribution in [2.45, 2.75) is 44.8 Å². The Bertz CT molecular complexity index is 1290. The Balaban J connectivity index is 1.86. The molecule has 2 N–H and O–H groups in total. The third kappa shape index (κ3) is 2.86. The topological polar surface area (TPSA) is 113 Å². The van der Waals surface area contributed by atoms with Gasteiger partial charge >= 0.3 is 5.97 Å². The van der Waals surface area contributed by atoms with E-state index in [0.717, 1.165) is 12.8 Å². The number of pyridine rings is 1. The van der Waals surface area contributed by atoms with Gasteiger partial charge in [0.25, 0.3) is 5.56 Å². The van der Waals surface area contributed by atoms with Gasteiger partial charge in [-0.05, 0) is 32.8 Å². The molecule has 3 aliphatic heterocycles. The molecular weight excluding hydrogens is 438 g/mol. The van der Waals surface area contributed by atoms with Crippen molar-refractivity contribution < 1.29 is 23.8 Å². The second-order valence-electron chi connectivity index (χ2n) is 8.73. The van der Waals surface area contributed by atoms with Crippen molar-refractivity contribution in [2.75, 3.05) is 25.2 Å². The zero-order chi connectivity index (χ0) is 24.2. The van der Waals surface area contributed by atoms with Crippen LogP contribution in [0.3, 0.4) is 0 Å². The molecule has 1 saturated heterocycles. The number of hydrogen-bond acceptors (Lipinski definition) is 7. The van der Waals surface area contributed by atoms with E-state index in [0.29, 0.717) is 36.6 Å². The van der Waals surface area contributed by atoms with Gasteiger partial charge in [0.05, 0.1) is 25.3 Å². The number of amides is 1. The summed E-state index contributed by atoms with van der Waals surface area (Å²) in [4.78, 5) is 43.0. The second-order valence-corrected chi connectivity index (χ2v) is 8.73. The third-order valence-electron chi connectivity index (χ3n) is 6.97. The highest BCUT2D eigenvalue weighted by atomic mass is 16.5. The quantitative estimate of drug-likeness (QED) is 0.684. The number of esters is 1. The summed E-state index contributed by atoms with van der Waals surface area (Å²) in [6, 6.07) is 8.82. The van der Waals surface area contributed by atoms with Gasteiger partial charge in [0, 0.05) is 36.2 Å². The maximum absolute atomic E-state index is 14.2. The molecule has 2 aromatic rings. The van der Waals surface area contributed by atoms with Crippen LogP contribution in [0.25, 0.3) is 0 Å². The molecule has 9 heteroatoms. The number of nitrogens with zero attached hydrogens (tertiary/aromatic N) is 2. The van der Waals surface area contributed by atoms with E-state index >= 15 is 0 Å². The summed E-state index contributed by atoms with van der Waals surface area (Å²) in [5, 5.41) is 0. The number of anilines is 1. The van der Waals surface area contributed by atoms with Gasteiger partial charge in [0.2, 0.25) is 11.8 Å². The highest BCUT2D eigenvalue weighted by molar-refractivity contribution is 6.18. The number of benzene rings is 1. The summed E-state index contributed by atoms with van der Waals surface area (Å²) in [6.45, 7) is 4.97. The van der Waals surface area contributed by atoms with Gasteiger partial charge in [-0.1, -0.05) is 18.2 Å². The number of ether oxygens (including phenoxy) is 3. The van der Waals surface area contributed by atoms with Crippen LogP contribution in [-0.2, 0) is 31.0 Å². The molecule has 2 atom stereocenters. The molecule has 1 aromatic heterocycles. The SMILES string of the molecule is CCN1C(=O)C2(C(C(=O)OC)=C(N)Oc3cc(C)n(CC4CCCO4)c(=O)c32)c2ccccc21. The van der Waals surface area contributed by atoms with E-state index in [4.69, 9.17) is 19.9 Å². The number of aromatic nitrogens is 1. The molecule has 5 rings (SSSR count). The van der Waals surface area contributed by atoms with Crippen LogP contribution >= 0.6 is 0 Å². The first-order valence-corrected chi connectivity index (χ1v) is 11.4. The molecule has 34 heavy (non-hydrogen) atoms. The lowest BCUT2D eigenvalue weighted by molar-refractivity contribution is -0.138. The molecule has 0 aliphatic carbocycles. The van der Waals surface area contributed by atoms with Crippen molar-refractivity contribution in [1.82, 2.24) is 4.57 Å². The molecule has 2 unspecified atom stereocenters. The number of nitrogens with two attached hydrogens (primary N) is 1. The zero-order valence-corrected chi connectivity index (χ0v) is 19.4. The minimum absolute atomic E-state index is 0.0686. The fraction of sp³-hybridized carbons (Fsp3) is 0.400. The number of methoxy groups -OCH3 is 1. The van der Waals surface area contributed by atoms with E-state index in [2.05, 4.69) is 0 Å². The van der Waals surface area contributed by atoms with E-state index in [1.165, 1.54) is 7.11 Å². The molecular formula is C25H27N3O6. The monoisotopic (exact) mass is 465 g/mol. The van der Waals surface area contributed by atoms with Gasteiger partial charge < -0.3 is 29.4 Å². The minimum Gasteiger partial charge on any atom is -0.465 e. The van der Waals surface area contributed by atoms with Crippen LogP contribution in [0.5, 0.6) is 5.75 Å². The molecule has 1 aromatic carbocycles. The summed E-state index contributed by atoms with van der Waals surface area (Å²) >= 11 is 0. The number of likely N-dealkylation sites (N-methyl/N-ethyl adjacent to an activating group) is 1. The van der Waals surface area contributed by atoms with E-state index in [1.54, 1.807) is 40.7 Å². The maximum Gasteiger partial charge on any atom is 0.340 e. The first-order valence-electron chi connectivity index (χ1n) is 11.4. The van der Waals surface area contributed by atoms with Crippen LogP contribution in [0.2, 0.25) is 0 Å². The fourth-order valence-corrected chi connectivity index (χ4v) is 5.47. The van der Waals surface area contributed by atoms with Crippen LogP contribution in [0.1, 0.15) is 36.6 Å². The lowest BCUT2D eigenvalue weighted by Gasteiger charge is -2.36. The predicted octanol–water partition coefficient (Wildman–Crippen LogP) is 1.72. The fourth-order valence-electron chi connectivity index (χ4n) is 5.47. The van der Waals surface area contributed by atoms with Gasteiger partial charge in [-0.15, -0.1) is 0 Å². The summed E-state index contributed by atoms with van der Waals surface area (Å²) in [5.74, 6) is -1.35. The number of para-hydroxylation sites is 1. The van der Waals surface area contributed by atoms with Crippen LogP contribution in [0.4, 0.5) is 5.69 Å². The Morgan fingerprint density at radius 3 is 2.74 bits per heavy atom. The molecule has 178 valence electrons. The Morgan fingerprint density at radius 2 is 2.06 bits per heavy atom. The highest BCUT2D eigenvalue weighted by Gasteiger charge is 2.62. The van der Waals surface area contributed by atoms with Gasteiger partial charge in [-0.25, -0.2) is 4.79 Å². The number of rotatable bonds is 4. The largest absolute Gasteiger partial charge is 0.465 e. The standard InChI is InChI=1S/C25H27N3O6/c1-4-27-17-10-6-5-9-16(17)25(24(27)31)19-18(34-21(26)20(25)23(30)32-3)12-14(2)28(22(19)29)13-15-8-7-11-33-15/h5-6,9-10,12,15H,4,7-8,11,13,26H2,1-3H3. The van der Waals surface area contributed by atoms with Crippen molar-refractivity contribution >= 4 is 17.6 Å². The number of aryl methyl sites for hydroxylation is 1. The Hall–Kier alpha value is -3.59. The van der Waals surface area contributed by atoms with Gasteiger partial charge in [-0.2, -0.15) is 0 Å². The average molecular weight is 466 g/mol. The van der Waals surface area contributed by atoms with Crippen molar-refractivity contribution in [3.63, 3.8) is 0 Å². The predicted molar refractivity (Wildman–Crippen MR) is 124 cm³/mol. The first kappa shape index (κ1) is 22.2. The molecule has 1 spiro atoms. The summed E-state index contributed by atoms with van der Waals surface area (Å²) in [6.07, 6.45) is 1.67. The normalized spacial score (nSPS) is 23.2. The van der Waals surface area contributed by atoms with Gasteiger partial charge in [0.1, 0.15) is 16.7 Å². The summed E-state index contributed by atoms with van der Waals surface area (Å²) in [5.41, 5.74) is 5.71. The van der Waals surface area contributed by atoms with Gasteiger partial charge in [0.15, 0.2) is 0 Å². The number of carbonyl (C=O) groups excluding carboxylic acids is 2. The van der Waals surface area contributed by atoms with Crippen LogP contribution in [0.15, 0.2) is 46.6 Å². The summed E-state index contributed by atoms with van der Waals surface area (Å²) in [7, 11) is 1.21. The lowest BCUT2D eigenvalue weighted by atomic mass is 9.68. The van der Waals surface area contributed by atoms with Crippen LogP contribution < -0.4 is 20.9 Å². The summed E-state index contributed by atoms with van der Waals surface area (Å²) < 4.78 is 18.2. The van der Waals surface area contributed by atoms with E-state index in [9.17, 15) is 14.4 Å². The molecule has 3 aliphatic rings. The molecule has 0 radical (unpaired) electrons. The number of hydrogen-bond donors (Lipinski definition) is 1. The molecule has 0 saturated carbocycles. The van der Waals surface area contributed by atoms with Crippen molar-refractivity contribution in [2.24, 2.45) is 5.73 Å². The maximum atomic E-state index is 14.2. The first-order chi connectivity index (χ1) is 16.4. The zero-order valence-electron chi connectivity index (χ0n) is 19.4. The molecule has 1 amide bonds. The van der Waals surface area contributed by atoms with Crippen molar-refractivity contribution in [1.29, 1.82) is 0 Å². The Kier molecular flexibility index (Phi) is 5.24. The third-order valence-corrected chi connectivity index (χ3v) is 6.97. The lowest BCUT2D eigenvalue weighted by Crippen LogP contribution is -2.52. The van der Waals surface area contributed by atoms with Crippen LogP contribution in [-0.4, -0.2) is 42.8 Å². The number of fused-ring (bicyclic) bond motifs is 4. The van der Waals surface area contributed by atoms with E-state index in [1.807, 2.05) is 13.0 Å². The minimum atomic E-state index is -1.78. The molecule has 1 fully saturated rings. The Labute approximate surface area is 196 Å². The number of carbonyl (C=O) groups is 2. The van der Waals surface area contributed by atoms with Crippen molar-refractivity contribution in [3.05, 3.63) is 69.0 Å². The van der Waals surface area contributed by atoms with Gasteiger partial charge in [-0.3, -0.25) is 9.59 Å². The average Bonchev–Trinajstić information content (AvgIpc) is 3.41. The molecule has 9 nitrogen and oxygen atoms in total. The van der Waals surface area contributed by atoms with Crippen LogP contribution in [0, 0.1) is 6.92 Å². The molecule has 0 bridgehead atoms. The van der Waals surface area contributed by atoms with E-state index in [-0.39, 0.29) is 28.9 Å². The smallest absolute Gasteiger partial charge is 0.340 e. The van der Waals surface area contributed by atoms with Crippen molar-refractivity contribution in [3.8, 4) is 5.75 Å². The molecule has 4 heterocycles. The highest BCUT2D eigenvalue weighted by Crippen LogP contribution is 2.54. The Morgan fingerprint density at radius 1 is 1.29 bits per heavy atom.